The van der Waals surface area contributed by atoms with Gasteiger partial charge in [-0.25, -0.2) is 4.98 Å². The van der Waals surface area contributed by atoms with Gasteiger partial charge in [0.05, 0.1) is 23.2 Å². The molecule has 1 aromatic rings. The molecule has 3 N–H and O–H groups in total. The van der Waals surface area contributed by atoms with Crippen LogP contribution in [0.15, 0.2) is 5.38 Å². The van der Waals surface area contributed by atoms with Crippen LogP contribution < -0.4 is 5.73 Å². The van der Waals surface area contributed by atoms with E-state index in [1.165, 1.54) is 11.3 Å². The summed E-state index contributed by atoms with van der Waals surface area (Å²) in [4.78, 5) is 14.8. The van der Waals surface area contributed by atoms with Crippen molar-refractivity contribution in [2.75, 3.05) is 0 Å². The van der Waals surface area contributed by atoms with Crippen molar-refractivity contribution in [2.45, 2.75) is 38.6 Å². The fourth-order valence-electron chi connectivity index (χ4n) is 1.09. The van der Waals surface area contributed by atoms with Gasteiger partial charge in [0.15, 0.2) is 0 Å². The predicted octanol–water partition coefficient (Wildman–Crippen LogP) is 1.92. The summed E-state index contributed by atoms with van der Waals surface area (Å²) < 4.78 is 0. The number of hydrogen-bond donors (Lipinski definition) is 2. The first kappa shape index (κ1) is 12.1. The molecule has 0 saturated carbocycles. The Balaban J connectivity index is 2.80. The molecule has 0 aliphatic carbocycles. The van der Waals surface area contributed by atoms with Crippen molar-refractivity contribution in [2.24, 2.45) is 5.73 Å². The highest BCUT2D eigenvalue weighted by atomic mass is 32.1. The van der Waals surface area contributed by atoms with Crippen LogP contribution in [0.1, 0.15) is 43.9 Å². The Hall–Kier alpha value is -0.940. The second-order valence-electron chi connectivity index (χ2n) is 4.53. The molecule has 1 heterocycles. The average molecular weight is 228 g/mol. The van der Waals surface area contributed by atoms with Crippen LogP contribution in [0.4, 0.5) is 0 Å². The van der Waals surface area contributed by atoms with E-state index in [9.17, 15) is 4.79 Å². The molecule has 0 aromatic carbocycles. The van der Waals surface area contributed by atoms with E-state index in [1.807, 2.05) is 5.38 Å². The Kier molecular flexibility index (Phi) is 3.46. The third kappa shape index (κ3) is 3.28. The molecule has 0 aliphatic rings. The van der Waals surface area contributed by atoms with Gasteiger partial charge in [0.25, 0.3) is 0 Å². The minimum absolute atomic E-state index is 0.00808. The van der Waals surface area contributed by atoms with E-state index in [-0.39, 0.29) is 11.8 Å². The van der Waals surface area contributed by atoms with Gasteiger partial charge in [0, 0.05) is 10.8 Å². The van der Waals surface area contributed by atoms with Crippen LogP contribution in [0.2, 0.25) is 0 Å². The van der Waals surface area contributed by atoms with E-state index in [1.54, 1.807) is 0 Å². The van der Waals surface area contributed by atoms with E-state index < -0.39 is 12.0 Å². The number of nitrogens with zero attached hydrogens (tertiary/aromatic N) is 1. The van der Waals surface area contributed by atoms with Gasteiger partial charge in [-0.2, -0.15) is 0 Å². The van der Waals surface area contributed by atoms with Crippen molar-refractivity contribution < 1.29 is 9.90 Å². The van der Waals surface area contributed by atoms with Crippen LogP contribution in [0.25, 0.3) is 0 Å². The fraction of sp³-hybridized carbons (Fsp3) is 0.600. The Labute approximate surface area is 93.1 Å². The molecule has 0 fully saturated rings. The van der Waals surface area contributed by atoms with E-state index in [0.717, 1.165) is 5.01 Å². The van der Waals surface area contributed by atoms with Gasteiger partial charge in [0.2, 0.25) is 0 Å². The van der Waals surface area contributed by atoms with Crippen LogP contribution in [0, 0.1) is 0 Å². The molecule has 1 aromatic heterocycles. The number of rotatable bonds is 3. The summed E-state index contributed by atoms with van der Waals surface area (Å²) in [6, 6.07) is -0.505. The number of hydrogen-bond acceptors (Lipinski definition) is 4. The van der Waals surface area contributed by atoms with Crippen molar-refractivity contribution in [3.8, 4) is 0 Å². The van der Waals surface area contributed by atoms with E-state index in [0.29, 0.717) is 5.69 Å². The number of carbonyl (C=O) groups is 1. The molecule has 0 radical (unpaired) electrons. The number of carboxylic acids is 1. The Morgan fingerprint density at radius 2 is 2.27 bits per heavy atom. The van der Waals surface area contributed by atoms with Gasteiger partial charge in [-0.05, 0) is 0 Å². The number of thiazole rings is 1. The van der Waals surface area contributed by atoms with Crippen LogP contribution in [0.5, 0.6) is 0 Å². The standard InChI is InChI=1S/C10H16N2O2S/c1-10(2,3)9-12-7(5-15-9)6(11)4-8(13)14/h5-6H,4,11H2,1-3H3,(H,13,14)/t6-/m0/s1. The third-order valence-corrected chi connectivity index (χ3v) is 3.22. The molecule has 0 bridgehead atoms. The maximum atomic E-state index is 10.5. The van der Waals surface area contributed by atoms with E-state index in [4.69, 9.17) is 10.8 Å². The maximum absolute atomic E-state index is 10.5. The number of nitrogens with two attached hydrogens (primary N) is 1. The summed E-state index contributed by atoms with van der Waals surface area (Å²) in [5.74, 6) is -0.896. The third-order valence-electron chi connectivity index (χ3n) is 1.94. The molecule has 5 heteroatoms. The molecule has 0 unspecified atom stereocenters. The number of aromatic nitrogens is 1. The minimum Gasteiger partial charge on any atom is -0.481 e. The highest BCUT2D eigenvalue weighted by molar-refractivity contribution is 7.09. The summed E-state index contributed by atoms with van der Waals surface area (Å²) >= 11 is 1.53. The first-order chi connectivity index (χ1) is 6.80. The molecule has 1 rings (SSSR count). The van der Waals surface area contributed by atoms with Crippen LogP contribution in [0.3, 0.4) is 0 Å². The highest BCUT2D eigenvalue weighted by Crippen LogP contribution is 2.27. The topological polar surface area (TPSA) is 76.2 Å². The van der Waals surface area contributed by atoms with E-state index in [2.05, 4.69) is 25.8 Å². The molecule has 15 heavy (non-hydrogen) atoms. The van der Waals surface area contributed by atoms with Crippen molar-refractivity contribution in [3.05, 3.63) is 16.1 Å². The summed E-state index contributed by atoms with van der Waals surface area (Å²) in [7, 11) is 0. The normalized spacial score (nSPS) is 13.9. The van der Waals surface area contributed by atoms with Crippen molar-refractivity contribution in [3.63, 3.8) is 0 Å². The largest absolute Gasteiger partial charge is 0.481 e. The zero-order valence-electron chi connectivity index (χ0n) is 9.15. The summed E-state index contributed by atoms with van der Waals surface area (Å²) in [6.45, 7) is 6.20. The zero-order chi connectivity index (χ0) is 11.6. The molecule has 0 aliphatic heterocycles. The summed E-state index contributed by atoms with van der Waals surface area (Å²) in [5.41, 5.74) is 6.38. The Morgan fingerprint density at radius 1 is 1.67 bits per heavy atom. The molecule has 1 atom stereocenters. The first-order valence-electron chi connectivity index (χ1n) is 4.74. The molecule has 0 spiro atoms. The minimum atomic E-state index is -0.896. The molecule has 0 amide bonds. The number of aliphatic carboxylic acids is 1. The first-order valence-corrected chi connectivity index (χ1v) is 5.62. The quantitative estimate of drug-likeness (QED) is 0.828. The fourth-order valence-corrected chi connectivity index (χ4v) is 2.07. The molecule has 4 nitrogen and oxygen atoms in total. The molecule has 0 saturated heterocycles. The van der Waals surface area contributed by atoms with Crippen LogP contribution in [-0.2, 0) is 10.2 Å². The SMILES string of the molecule is CC(C)(C)c1nc([C@@H](N)CC(=O)O)cs1. The maximum Gasteiger partial charge on any atom is 0.305 e. The second-order valence-corrected chi connectivity index (χ2v) is 5.39. The van der Waals surface area contributed by atoms with Crippen molar-refractivity contribution in [1.82, 2.24) is 4.98 Å². The average Bonchev–Trinajstić information content (AvgIpc) is 2.48. The van der Waals surface area contributed by atoms with Gasteiger partial charge in [-0.15, -0.1) is 11.3 Å². The Bertz CT molecular complexity index is 355. The Morgan fingerprint density at radius 3 is 2.67 bits per heavy atom. The molecular formula is C10H16N2O2S. The monoisotopic (exact) mass is 228 g/mol. The van der Waals surface area contributed by atoms with E-state index >= 15 is 0 Å². The summed E-state index contributed by atoms with van der Waals surface area (Å²) in [5, 5.41) is 11.4. The second kappa shape index (κ2) is 4.28. The molecular weight excluding hydrogens is 212 g/mol. The van der Waals surface area contributed by atoms with Gasteiger partial charge in [-0.3, -0.25) is 4.79 Å². The van der Waals surface area contributed by atoms with Crippen molar-refractivity contribution >= 4 is 17.3 Å². The van der Waals surface area contributed by atoms with Crippen LogP contribution >= 0.6 is 11.3 Å². The number of carboxylic acid groups (broad SMARTS) is 1. The van der Waals surface area contributed by atoms with Crippen molar-refractivity contribution in [1.29, 1.82) is 0 Å². The lowest BCUT2D eigenvalue weighted by atomic mass is 9.98. The zero-order valence-corrected chi connectivity index (χ0v) is 9.97. The lowest BCUT2D eigenvalue weighted by molar-refractivity contribution is -0.137. The lowest BCUT2D eigenvalue weighted by Crippen LogP contribution is -2.16. The van der Waals surface area contributed by atoms with Gasteiger partial charge in [0.1, 0.15) is 0 Å². The summed E-state index contributed by atoms with van der Waals surface area (Å²) in [6.07, 6.45) is -0.0761. The van der Waals surface area contributed by atoms with Gasteiger partial charge >= 0.3 is 5.97 Å². The predicted molar refractivity (Wildman–Crippen MR) is 60.0 cm³/mol. The van der Waals surface area contributed by atoms with Gasteiger partial charge < -0.3 is 10.8 Å². The highest BCUT2D eigenvalue weighted by Gasteiger charge is 2.20. The molecule has 84 valence electrons. The smallest absolute Gasteiger partial charge is 0.305 e. The van der Waals surface area contributed by atoms with Gasteiger partial charge in [-0.1, -0.05) is 20.8 Å². The van der Waals surface area contributed by atoms with Crippen LogP contribution in [-0.4, -0.2) is 16.1 Å². The lowest BCUT2D eigenvalue weighted by Gasteiger charge is -2.14.